The van der Waals surface area contributed by atoms with Gasteiger partial charge in [0, 0.05) is 63.7 Å². The monoisotopic (exact) mass is 509 g/mol. The van der Waals surface area contributed by atoms with E-state index in [4.69, 9.17) is 0 Å². The Bertz CT molecular complexity index is 466. The molecule has 1 heterocycles. The molecule has 7 nitrogen and oxygen atoms in total. The van der Waals surface area contributed by atoms with Gasteiger partial charge in [0.2, 0.25) is 0 Å². The third-order valence-corrected chi connectivity index (χ3v) is 4.61. The van der Waals surface area contributed by atoms with E-state index in [1.807, 2.05) is 0 Å². The predicted octanol–water partition coefficient (Wildman–Crippen LogP) is 3.44. The molecule has 98 valence electrons. The highest BCUT2D eigenvalue weighted by molar-refractivity contribution is 9.25. The van der Waals surface area contributed by atoms with Gasteiger partial charge in [0.1, 0.15) is 11.4 Å². The summed E-state index contributed by atoms with van der Waals surface area (Å²) >= 11 is 11.4. The Kier molecular flexibility index (Phi) is 4.84. The highest BCUT2D eigenvalue weighted by atomic mass is 79.9. The number of aromatic nitrogens is 1. The van der Waals surface area contributed by atoms with Gasteiger partial charge in [-0.3, -0.25) is 20.2 Å². The summed E-state index contributed by atoms with van der Waals surface area (Å²) in [4.78, 5) is 24.2. The van der Waals surface area contributed by atoms with Crippen LogP contribution in [0.1, 0.15) is 11.4 Å². The molecule has 0 saturated heterocycles. The summed E-state index contributed by atoms with van der Waals surface area (Å²) in [6.45, 7) is 0. The van der Waals surface area contributed by atoms with Crippen LogP contribution in [-0.4, -0.2) is 14.8 Å². The largest absolute Gasteiger partial charge is 0.368 e. The lowest BCUT2D eigenvalue weighted by atomic mass is 10.3. The zero-order chi connectivity index (χ0) is 14.1. The minimum Gasteiger partial charge on any atom is -0.262 e. The Balaban J connectivity index is 3.31. The van der Waals surface area contributed by atoms with Crippen LogP contribution in [0.2, 0.25) is 0 Å². The maximum atomic E-state index is 10.8. The van der Waals surface area contributed by atoms with Crippen LogP contribution in [0.3, 0.4) is 0 Å². The average Bonchev–Trinajstić information content (AvgIpc) is 2.28. The van der Waals surface area contributed by atoms with Crippen molar-refractivity contribution in [2.75, 3.05) is 0 Å². The van der Waals surface area contributed by atoms with Gasteiger partial charge >= 0.3 is 6.71 Å². The van der Waals surface area contributed by atoms with Gasteiger partial charge in [-0.2, -0.15) is 0 Å². The topological polar surface area (TPSA) is 99.2 Å². The first kappa shape index (κ1) is 15.9. The van der Waals surface area contributed by atoms with Crippen molar-refractivity contribution in [2.24, 2.45) is 0 Å². The molecule has 0 amide bonds. The summed E-state index contributed by atoms with van der Waals surface area (Å²) in [5.41, 5.74) is -0.0368. The Morgan fingerprint density at radius 2 is 1.28 bits per heavy atom. The summed E-state index contributed by atoms with van der Waals surface area (Å²) in [5, 5.41) is 21.7. The van der Waals surface area contributed by atoms with Crippen LogP contribution < -0.4 is 0 Å². The van der Waals surface area contributed by atoms with Crippen molar-refractivity contribution in [3.8, 4) is 0 Å². The first-order chi connectivity index (χ1) is 8.10. The molecule has 1 rings (SSSR count). The smallest absolute Gasteiger partial charge is 0.262 e. The molecule has 0 bridgehead atoms. The van der Waals surface area contributed by atoms with Crippen molar-refractivity contribution in [3.63, 3.8) is 0 Å². The number of nitro groups is 2. The fourth-order valence-corrected chi connectivity index (χ4v) is 1.84. The van der Waals surface area contributed by atoms with E-state index in [9.17, 15) is 20.2 Å². The molecule has 11 heteroatoms. The van der Waals surface area contributed by atoms with E-state index in [1.165, 1.54) is 18.2 Å². The third-order valence-electron chi connectivity index (χ3n) is 1.82. The van der Waals surface area contributed by atoms with Crippen LogP contribution in [0.15, 0.2) is 18.2 Å². The van der Waals surface area contributed by atoms with Crippen molar-refractivity contribution in [1.29, 1.82) is 0 Å². The maximum Gasteiger partial charge on any atom is 0.368 e. The molecular formula is C7H3Br4N3O4. The van der Waals surface area contributed by atoms with Crippen LogP contribution in [-0.2, 0) is 6.71 Å². The van der Waals surface area contributed by atoms with Crippen molar-refractivity contribution in [3.05, 3.63) is 49.8 Å². The van der Waals surface area contributed by atoms with Gasteiger partial charge in [0.15, 0.2) is 0 Å². The molecule has 0 unspecified atom stereocenters. The SMILES string of the molecule is O=[N+]([O-])C(Br)(Br)c1cccc(C(Br)(Br)[N+](=O)[O-])n1. The van der Waals surface area contributed by atoms with E-state index in [-0.39, 0.29) is 11.4 Å². The molecule has 0 N–H and O–H groups in total. The number of pyridine rings is 1. The second kappa shape index (κ2) is 5.47. The first-order valence-corrected chi connectivity index (χ1v) is 7.30. The summed E-state index contributed by atoms with van der Waals surface area (Å²) < 4.78 is -3.58. The van der Waals surface area contributed by atoms with Crippen LogP contribution in [0.25, 0.3) is 0 Å². The molecular weight excluding hydrogens is 510 g/mol. The van der Waals surface area contributed by atoms with E-state index >= 15 is 0 Å². The zero-order valence-electron chi connectivity index (χ0n) is 8.22. The van der Waals surface area contributed by atoms with Gasteiger partial charge in [0.25, 0.3) is 0 Å². The molecule has 0 radical (unpaired) electrons. The highest BCUT2D eigenvalue weighted by Crippen LogP contribution is 2.41. The normalized spacial score (nSPS) is 12.2. The van der Waals surface area contributed by atoms with Gasteiger partial charge in [-0.25, -0.2) is 4.98 Å². The highest BCUT2D eigenvalue weighted by Gasteiger charge is 2.45. The van der Waals surface area contributed by atoms with Gasteiger partial charge in [-0.05, 0) is 12.1 Å². The minimum absolute atomic E-state index is 0.0184. The summed E-state index contributed by atoms with van der Waals surface area (Å²) in [7, 11) is 0. The number of rotatable bonds is 4. The standard InChI is InChI=1S/C7H3Br4N3O4/c8-6(9,13(15)16)4-2-1-3-5(12-4)7(10,11)14(17)18/h1-3H. The quantitative estimate of drug-likeness (QED) is 0.266. The van der Waals surface area contributed by atoms with Crippen molar-refractivity contribution in [1.82, 2.24) is 4.98 Å². The molecule has 0 aliphatic carbocycles. The molecule has 0 atom stereocenters. The van der Waals surface area contributed by atoms with E-state index in [0.717, 1.165) is 0 Å². The van der Waals surface area contributed by atoms with Gasteiger partial charge in [-0.1, -0.05) is 6.07 Å². The average molecular weight is 513 g/mol. The van der Waals surface area contributed by atoms with Gasteiger partial charge < -0.3 is 0 Å². The second-order valence-electron chi connectivity index (χ2n) is 3.00. The number of hydrogen-bond acceptors (Lipinski definition) is 5. The summed E-state index contributed by atoms with van der Waals surface area (Å²) in [6.07, 6.45) is 0. The fraction of sp³-hybridized carbons (Fsp3) is 0.286. The molecule has 18 heavy (non-hydrogen) atoms. The fourth-order valence-electron chi connectivity index (χ4n) is 0.957. The molecule has 1 aromatic heterocycles. The second-order valence-corrected chi connectivity index (χ2v) is 9.72. The maximum absolute atomic E-state index is 10.8. The van der Waals surface area contributed by atoms with E-state index in [2.05, 4.69) is 68.7 Å². The summed E-state index contributed by atoms with van der Waals surface area (Å²) in [5.74, 6) is 0. The van der Waals surface area contributed by atoms with E-state index in [0.29, 0.717) is 0 Å². The van der Waals surface area contributed by atoms with Crippen molar-refractivity contribution < 1.29 is 9.85 Å². The molecule has 0 aromatic carbocycles. The Morgan fingerprint density at radius 3 is 1.56 bits per heavy atom. The molecule has 1 aromatic rings. The molecule has 0 saturated carbocycles. The molecule has 0 aliphatic rings. The van der Waals surface area contributed by atoms with E-state index in [1.54, 1.807) is 0 Å². The lowest BCUT2D eigenvalue weighted by Crippen LogP contribution is -2.26. The number of nitrogens with zero attached hydrogens (tertiary/aromatic N) is 3. The van der Waals surface area contributed by atoms with Crippen molar-refractivity contribution >= 4 is 63.7 Å². The van der Waals surface area contributed by atoms with Crippen LogP contribution in [0.5, 0.6) is 0 Å². The third kappa shape index (κ3) is 3.06. The number of halogens is 4. The Labute approximate surface area is 134 Å². The lowest BCUT2D eigenvalue weighted by molar-refractivity contribution is -0.513. The number of alkyl halides is 4. The Morgan fingerprint density at radius 1 is 0.944 bits per heavy atom. The Hall–Kier alpha value is -0.130. The van der Waals surface area contributed by atoms with Gasteiger partial charge in [-0.15, -0.1) is 0 Å². The van der Waals surface area contributed by atoms with E-state index < -0.39 is 16.6 Å². The van der Waals surface area contributed by atoms with Crippen LogP contribution in [0.4, 0.5) is 0 Å². The summed E-state index contributed by atoms with van der Waals surface area (Å²) in [6, 6.07) is 4.16. The van der Waals surface area contributed by atoms with Crippen LogP contribution in [0, 0.1) is 20.2 Å². The molecule has 0 aliphatic heterocycles. The predicted molar refractivity (Wildman–Crippen MR) is 77.3 cm³/mol. The van der Waals surface area contributed by atoms with Crippen LogP contribution >= 0.6 is 63.7 Å². The molecule has 0 fully saturated rings. The first-order valence-electron chi connectivity index (χ1n) is 4.12. The minimum atomic E-state index is -1.79. The zero-order valence-corrected chi connectivity index (χ0v) is 14.6. The number of hydrogen-bond donors (Lipinski definition) is 0. The molecule has 0 spiro atoms. The van der Waals surface area contributed by atoms with Crippen molar-refractivity contribution in [2.45, 2.75) is 6.71 Å². The van der Waals surface area contributed by atoms with Gasteiger partial charge in [0.05, 0.1) is 9.85 Å². The lowest BCUT2D eigenvalue weighted by Gasteiger charge is -2.14.